The van der Waals surface area contributed by atoms with E-state index in [9.17, 15) is 19.1 Å². The first-order chi connectivity index (χ1) is 21.6. The van der Waals surface area contributed by atoms with Crippen molar-refractivity contribution in [2.24, 2.45) is 5.10 Å². The van der Waals surface area contributed by atoms with E-state index in [-0.39, 0.29) is 24.6 Å². The first-order valence-electron chi connectivity index (χ1n) is 13.7. The third-order valence-corrected chi connectivity index (χ3v) is 7.69. The number of carbonyl (C=O) groups excluding carboxylic acids is 2. The van der Waals surface area contributed by atoms with Crippen molar-refractivity contribution >= 4 is 56.7 Å². The number of benzene rings is 3. The Morgan fingerprint density at radius 1 is 1.16 bits per heavy atom. The van der Waals surface area contributed by atoms with Crippen molar-refractivity contribution in [3.05, 3.63) is 96.4 Å². The van der Waals surface area contributed by atoms with Gasteiger partial charge in [0, 0.05) is 15.7 Å². The van der Waals surface area contributed by atoms with Gasteiger partial charge in [0.2, 0.25) is 0 Å². The van der Waals surface area contributed by atoms with Crippen LogP contribution in [-0.2, 0) is 16.1 Å². The average molecular weight is 797 g/mol. The number of aliphatic hydroxyl groups is 1. The topological polar surface area (TPSA) is 140 Å². The molecule has 45 heavy (non-hydrogen) atoms. The molecular formula is C31H31BrFIN4O7. The minimum Gasteiger partial charge on any atom is -0.490 e. The second-order valence-corrected chi connectivity index (χ2v) is 11.7. The molecule has 1 aliphatic heterocycles. The number of hydrogen-bond donors (Lipinski definition) is 4. The largest absolute Gasteiger partial charge is 0.490 e. The summed E-state index contributed by atoms with van der Waals surface area (Å²) in [5.41, 5.74) is 5.29. The third kappa shape index (κ3) is 9.08. The molecule has 4 N–H and O–H groups in total. The summed E-state index contributed by atoms with van der Waals surface area (Å²) in [4.78, 5) is 24.6. The smallest absolute Gasteiger partial charge is 0.337 e. The summed E-state index contributed by atoms with van der Waals surface area (Å²) in [5, 5.41) is 20.0. The van der Waals surface area contributed by atoms with Gasteiger partial charge in [-0.05, 0) is 84.0 Å². The quantitative estimate of drug-likeness (QED) is 0.0602. The fourth-order valence-corrected chi connectivity index (χ4v) is 6.09. The Kier molecular flexibility index (Phi) is 12.0. The summed E-state index contributed by atoms with van der Waals surface area (Å²) in [6.07, 6.45) is 0.323. The number of halogens is 3. The molecule has 3 aromatic rings. The van der Waals surface area contributed by atoms with Crippen molar-refractivity contribution in [3.63, 3.8) is 0 Å². The lowest BCUT2D eigenvalue weighted by molar-refractivity contribution is -0.136. The monoisotopic (exact) mass is 796 g/mol. The van der Waals surface area contributed by atoms with Crippen LogP contribution in [0.15, 0.2) is 75.4 Å². The molecular weight excluding hydrogens is 766 g/mol. The van der Waals surface area contributed by atoms with E-state index in [2.05, 4.69) is 59.7 Å². The number of esters is 1. The van der Waals surface area contributed by atoms with Crippen molar-refractivity contribution in [2.45, 2.75) is 32.7 Å². The SMILES string of the molecule is CCOc1cc([C@@H]2NC(=O)NC(C)=C2C(=O)OC)ccc1OC[C@@H](O)N/N=C/c1cc(Br)cc(I)c1OCc1ccc(F)cc1. The maximum atomic E-state index is 13.3. The highest BCUT2D eigenvalue weighted by atomic mass is 127. The van der Waals surface area contributed by atoms with Gasteiger partial charge in [-0.3, -0.25) is 5.43 Å². The van der Waals surface area contributed by atoms with Crippen LogP contribution >= 0.6 is 38.5 Å². The van der Waals surface area contributed by atoms with Crippen molar-refractivity contribution in [2.75, 3.05) is 20.3 Å². The van der Waals surface area contributed by atoms with Gasteiger partial charge in [0.05, 0.1) is 35.1 Å². The number of rotatable bonds is 13. The maximum absolute atomic E-state index is 13.3. The highest BCUT2D eigenvalue weighted by molar-refractivity contribution is 14.1. The number of carbonyl (C=O) groups is 2. The van der Waals surface area contributed by atoms with Gasteiger partial charge < -0.3 is 34.7 Å². The molecule has 2 atom stereocenters. The molecule has 0 aromatic heterocycles. The van der Waals surface area contributed by atoms with Crippen LogP contribution in [0.1, 0.15) is 36.6 Å². The molecule has 14 heteroatoms. The zero-order valence-electron chi connectivity index (χ0n) is 24.5. The Bertz CT molecular complexity index is 1600. The number of aliphatic hydroxyl groups excluding tert-OH is 1. The molecule has 3 aromatic carbocycles. The lowest BCUT2D eigenvalue weighted by Gasteiger charge is -2.28. The van der Waals surface area contributed by atoms with Crippen LogP contribution in [0.25, 0.3) is 0 Å². The fourth-order valence-electron chi connectivity index (χ4n) is 4.38. The number of hydrazone groups is 1. The Labute approximate surface area is 281 Å². The second kappa shape index (κ2) is 15.9. The fraction of sp³-hybridized carbons (Fsp3) is 0.258. The van der Waals surface area contributed by atoms with Gasteiger partial charge >= 0.3 is 12.0 Å². The number of hydrogen-bond acceptors (Lipinski definition) is 9. The lowest BCUT2D eigenvalue weighted by Crippen LogP contribution is -2.45. The van der Waals surface area contributed by atoms with Gasteiger partial charge in [-0.2, -0.15) is 5.10 Å². The molecule has 0 saturated heterocycles. The van der Waals surface area contributed by atoms with Crippen molar-refractivity contribution in [1.29, 1.82) is 0 Å². The number of methoxy groups -OCH3 is 1. The summed E-state index contributed by atoms with van der Waals surface area (Å²) in [7, 11) is 1.27. The summed E-state index contributed by atoms with van der Waals surface area (Å²) >= 11 is 5.63. The molecule has 0 saturated carbocycles. The maximum Gasteiger partial charge on any atom is 0.337 e. The Morgan fingerprint density at radius 3 is 2.62 bits per heavy atom. The van der Waals surface area contributed by atoms with E-state index in [1.54, 1.807) is 44.2 Å². The van der Waals surface area contributed by atoms with Gasteiger partial charge in [-0.15, -0.1) is 0 Å². The van der Waals surface area contributed by atoms with Crippen molar-refractivity contribution in [1.82, 2.24) is 16.1 Å². The molecule has 2 amide bonds. The number of urea groups is 1. The molecule has 238 valence electrons. The summed E-state index contributed by atoms with van der Waals surface area (Å²) in [6, 6.07) is 13.5. The average Bonchev–Trinajstić information content (AvgIpc) is 3.00. The molecule has 4 rings (SSSR count). The molecule has 11 nitrogen and oxygen atoms in total. The van der Waals surface area contributed by atoms with E-state index in [0.717, 1.165) is 13.6 Å². The number of ether oxygens (including phenoxy) is 4. The van der Waals surface area contributed by atoms with Crippen LogP contribution in [0.4, 0.5) is 9.18 Å². The predicted octanol–water partition coefficient (Wildman–Crippen LogP) is 5.29. The third-order valence-electron chi connectivity index (χ3n) is 6.43. The van der Waals surface area contributed by atoms with Gasteiger partial charge in [0.1, 0.15) is 24.8 Å². The zero-order chi connectivity index (χ0) is 32.5. The molecule has 1 heterocycles. The predicted molar refractivity (Wildman–Crippen MR) is 177 cm³/mol. The van der Waals surface area contributed by atoms with E-state index < -0.39 is 24.3 Å². The first kappa shape index (κ1) is 34.0. The zero-order valence-corrected chi connectivity index (χ0v) is 28.3. The summed E-state index contributed by atoms with van der Waals surface area (Å²) in [6.45, 7) is 3.79. The molecule has 0 fully saturated rings. The standard InChI is InChI=1S/C31H31BrFIN4O7/c1-4-43-25-12-19(28-27(30(40)42-3)17(2)36-31(41)37-28)7-10-24(25)44-16-26(39)38-35-14-20-11-21(32)13-23(34)29(20)45-15-18-5-8-22(33)9-6-18/h5-14,26,28,38-39H,4,15-16H2,1-3H3,(H2,36,37,41)/b35-14+/t26-,28+/m1/s1. The van der Waals surface area contributed by atoms with E-state index in [0.29, 0.717) is 40.7 Å². The molecule has 1 aliphatic rings. The molecule has 0 aliphatic carbocycles. The molecule has 0 unspecified atom stereocenters. The minimum absolute atomic E-state index is 0.183. The van der Waals surface area contributed by atoms with Crippen molar-refractivity contribution in [3.8, 4) is 17.2 Å². The number of nitrogens with zero attached hydrogens (tertiary/aromatic N) is 1. The van der Waals surface area contributed by atoms with Crippen molar-refractivity contribution < 1.29 is 38.0 Å². The molecule has 0 bridgehead atoms. The van der Waals surface area contributed by atoms with Crippen LogP contribution in [-0.4, -0.2) is 49.9 Å². The molecule has 0 spiro atoms. The van der Waals surface area contributed by atoms with Crippen LogP contribution in [0.5, 0.6) is 17.2 Å². The van der Waals surface area contributed by atoms with Gasteiger partial charge in [-0.1, -0.05) is 34.1 Å². The second-order valence-electron chi connectivity index (χ2n) is 9.64. The highest BCUT2D eigenvalue weighted by Gasteiger charge is 2.32. The van der Waals surface area contributed by atoms with E-state index in [4.69, 9.17) is 18.9 Å². The first-order valence-corrected chi connectivity index (χ1v) is 15.6. The summed E-state index contributed by atoms with van der Waals surface area (Å²) < 4.78 is 37.4. The van der Waals surface area contributed by atoms with E-state index in [1.807, 2.05) is 12.1 Å². The minimum atomic E-state index is -1.19. The Morgan fingerprint density at radius 2 is 1.91 bits per heavy atom. The molecule has 0 radical (unpaired) electrons. The van der Waals surface area contributed by atoms with Gasteiger partial charge in [0.15, 0.2) is 17.7 Å². The Balaban J connectivity index is 1.42. The number of allylic oxidation sites excluding steroid dienone is 1. The number of amides is 2. The number of nitrogens with one attached hydrogen (secondary N) is 3. The lowest BCUT2D eigenvalue weighted by atomic mass is 9.95. The van der Waals surface area contributed by atoms with Crippen LogP contribution < -0.4 is 30.3 Å². The highest BCUT2D eigenvalue weighted by Crippen LogP contribution is 2.35. The van der Waals surface area contributed by atoms with E-state index in [1.165, 1.54) is 25.5 Å². The summed E-state index contributed by atoms with van der Waals surface area (Å²) in [5.74, 6) is 0.364. The van der Waals surface area contributed by atoms with Crippen LogP contribution in [0, 0.1) is 9.39 Å². The van der Waals surface area contributed by atoms with Crippen LogP contribution in [0.3, 0.4) is 0 Å². The van der Waals surface area contributed by atoms with Gasteiger partial charge in [-0.25, -0.2) is 14.0 Å². The normalized spacial score (nSPS) is 15.3. The Hall–Kier alpha value is -3.89. The van der Waals surface area contributed by atoms with Crippen LogP contribution in [0.2, 0.25) is 0 Å². The van der Waals surface area contributed by atoms with E-state index >= 15 is 0 Å². The van der Waals surface area contributed by atoms with Gasteiger partial charge in [0.25, 0.3) is 0 Å².